The third-order valence-corrected chi connectivity index (χ3v) is 6.85. The first kappa shape index (κ1) is 26.9. The second-order valence-electron chi connectivity index (χ2n) is 9.82. The van der Waals surface area contributed by atoms with Gasteiger partial charge in [0.25, 0.3) is 0 Å². The number of pyridine rings is 1. The van der Waals surface area contributed by atoms with E-state index in [1.165, 1.54) is 11.9 Å². The molecule has 0 bridgehead atoms. The van der Waals surface area contributed by atoms with Gasteiger partial charge in [-0.25, -0.2) is 23.7 Å². The van der Waals surface area contributed by atoms with E-state index < -0.39 is 30.7 Å². The molecule has 0 aliphatic carbocycles. The molecule has 0 saturated heterocycles. The van der Waals surface area contributed by atoms with Crippen LogP contribution in [-0.4, -0.2) is 38.2 Å². The minimum Gasteiger partial charge on any atom is -0.361 e. The topological polar surface area (TPSA) is 102 Å². The summed E-state index contributed by atoms with van der Waals surface area (Å²) >= 11 is 0. The Hall–Kier alpha value is -2.68. The van der Waals surface area contributed by atoms with E-state index in [1.807, 2.05) is 20.8 Å². The fourth-order valence-electron chi connectivity index (χ4n) is 3.34. The van der Waals surface area contributed by atoms with Crippen molar-refractivity contribution >= 4 is 24.4 Å². The summed E-state index contributed by atoms with van der Waals surface area (Å²) in [6, 6.07) is 0.817. The molecule has 0 spiro atoms. The molecule has 11 heteroatoms. The third-order valence-electron chi connectivity index (χ3n) is 4.88. The highest BCUT2D eigenvalue weighted by atomic mass is 31.2. The summed E-state index contributed by atoms with van der Waals surface area (Å²) in [6.45, 7) is 12.9. The van der Waals surface area contributed by atoms with Crippen molar-refractivity contribution in [1.29, 1.82) is 0 Å². The predicted molar refractivity (Wildman–Crippen MR) is 133 cm³/mol. The number of hydrogen-bond acceptors (Lipinski definition) is 7. The Morgan fingerprint density at radius 3 is 2.34 bits per heavy atom. The van der Waals surface area contributed by atoms with Crippen molar-refractivity contribution in [1.82, 2.24) is 19.9 Å². The first-order chi connectivity index (χ1) is 16.3. The van der Waals surface area contributed by atoms with Gasteiger partial charge in [-0.1, -0.05) is 26.8 Å². The average molecular weight is 508 g/mol. The molecule has 2 N–H and O–H groups in total. The lowest BCUT2D eigenvalue weighted by molar-refractivity contribution is 0.149. The quantitative estimate of drug-likeness (QED) is 0.311. The Bertz CT molecular complexity index is 1240. The van der Waals surface area contributed by atoms with E-state index in [4.69, 9.17) is 9.05 Å². The van der Waals surface area contributed by atoms with Gasteiger partial charge in [-0.05, 0) is 39.2 Å². The van der Waals surface area contributed by atoms with Crippen LogP contribution in [0.25, 0.3) is 22.4 Å². The zero-order valence-corrected chi connectivity index (χ0v) is 21.9. The molecule has 3 aromatic heterocycles. The van der Waals surface area contributed by atoms with Crippen molar-refractivity contribution in [2.75, 3.05) is 5.32 Å². The molecule has 0 fully saturated rings. The van der Waals surface area contributed by atoms with Crippen LogP contribution >= 0.6 is 7.60 Å². The molecule has 0 radical (unpaired) electrons. The van der Waals surface area contributed by atoms with Gasteiger partial charge >= 0.3 is 7.60 Å². The molecule has 3 rings (SSSR count). The van der Waals surface area contributed by atoms with Crippen molar-refractivity contribution in [2.24, 2.45) is 5.41 Å². The molecule has 1 atom stereocenters. The first-order valence-corrected chi connectivity index (χ1v) is 13.0. The second-order valence-corrected chi connectivity index (χ2v) is 11.6. The normalized spacial score (nSPS) is 13.9. The van der Waals surface area contributed by atoms with E-state index in [-0.39, 0.29) is 23.9 Å². The summed E-state index contributed by atoms with van der Waals surface area (Å²) in [7, 11) is -3.55. The number of fused-ring (bicyclic) bond motifs is 1. The number of H-pyrrole nitrogens is 1. The molecule has 0 aliphatic rings. The van der Waals surface area contributed by atoms with Crippen molar-refractivity contribution < 1.29 is 22.4 Å². The largest absolute Gasteiger partial charge is 0.361 e. The Morgan fingerprint density at radius 1 is 1.09 bits per heavy atom. The Morgan fingerprint density at radius 2 is 1.74 bits per heavy atom. The van der Waals surface area contributed by atoms with Crippen LogP contribution in [0.1, 0.15) is 48.5 Å². The minimum atomic E-state index is -3.55. The van der Waals surface area contributed by atoms with Crippen molar-refractivity contribution in [3.05, 3.63) is 48.2 Å². The first-order valence-electron chi connectivity index (χ1n) is 11.4. The van der Waals surface area contributed by atoms with Crippen LogP contribution in [0.2, 0.25) is 0 Å². The van der Waals surface area contributed by atoms with Crippen LogP contribution in [0.4, 0.5) is 14.6 Å². The number of hydrogen-bond donors (Lipinski definition) is 2. The van der Waals surface area contributed by atoms with Gasteiger partial charge in [0, 0.05) is 23.0 Å². The lowest BCUT2D eigenvalue weighted by Crippen LogP contribution is -2.33. The molecule has 190 valence electrons. The van der Waals surface area contributed by atoms with Crippen molar-refractivity contribution in [3.63, 3.8) is 0 Å². The molecule has 3 aromatic rings. The number of rotatable bonds is 9. The molecular formula is C24H32F2N5O3P. The summed E-state index contributed by atoms with van der Waals surface area (Å²) in [5, 5.41) is 3.56. The number of nitrogens with one attached hydrogen (secondary N) is 2. The highest BCUT2D eigenvalue weighted by Gasteiger charge is 2.29. The standard InChI is InChI=1S/C24H32F2N5O3P/c1-14(2)33-35(32,34-15(3)4)9-8-20(24(5,6)7)30-23-19(26)13-29-22(31-23)18-12-28-21-17(18)10-16(25)11-27-21/h8-15,20H,1-7H3,(H,27,28)(H,29,30,31)/b9-8+/t20-/m1/s1. The second kappa shape index (κ2) is 10.5. The highest BCUT2D eigenvalue weighted by Crippen LogP contribution is 2.52. The van der Waals surface area contributed by atoms with Gasteiger partial charge in [-0.2, -0.15) is 0 Å². The summed E-state index contributed by atoms with van der Waals surface area (Å²) in [6.07, 6.45) is 4.76. The van der Waals surface area contributed by atoms with E-state index in [0.717, 1.165) is 12.4 Å². The fourth-order valence-corrected chi connectivity index (χ4v) is 5.08. The molecule has 0 saturated carbocycles. The van der Waals surface area contributed by atoms with E-state index in [1.54, 1.807) is 40.0 Å². The van der Waals surface area contributed by atoms with Gasteiger partial charge in [-0.3, -0.25) is 4.57 Å². The molecule has 0 amide bonds. The van der Waals surface area contributed by atoms with Crippen molar-refractivity contribution in [3.8, 4) is 11.4 Å². The van der Waals surface area contributed by atoms with Crippen LogP contribution < -0.4 is 5.32 Å². The SMILES string of the molecule is CC(C)OP(=O)(/C=C/[C@@H](Nc1nc(-c2c[nH]c3ncc(F)cc23)ncc1F)C(C)(C)C)OC(C)C. The van der Waals surface area contributed by atoms with E-state index in [0.29, 0.717) is 16.6 Å². The van der Waals surface area contributed by atoms with E-state index in [9.17, 15) is 13.3 Å². The molecule has 3 heterocycles. The van der Waals surface area contributed by atoms with E-state index in [2.05, 4.69) is 25.3 Å². The van der Waals surface area contributed by atoms with Crippen LogP contribution in [-0.2, 0) is 13.6 Å². The summed E-state index contributed by atoms with van der Waals surface area (Å²) in [5.41, 5.74) is 0.519. The molecule has 8 nitrogen and oxygen atoms in total. The van der Waals surface area contributed by atoms with Gasteiger partial charge in [-0.15, -0.1) is 0 Å². The number of anilines is 1. The Kier molecular flexibility index (Phi) is 8.09. The van der Waals surface area contributed by atoms with Crippen LogP contribution in [0.5, 0.6) is 0 Å². The third kappa shape index (κ3) is 6.93. The summed E-state index contributed by atoms with van der Waals surface area (Å²) in [5.74, 6) is 0.377. The number of aromatic amines is 1. The summed E-state index contributed by atoms with van der Waals surface area (Å²) in [4.78, 5) is 15.4. The Labute approximate surface area is 204 Å². The lowest BCUT2D eigenvalue weighted by Gasteiger charge is -2.30. The highest BCUT2D eigenvalue weighted by molar-refractivity contribution is 7.57. The molecule has 0 aliphatic heterocycles. The predicted octanol–water partition coefficient (Wildman–Crippen LogP) is 6.68. The van der Waals surface area contributed by atoms with Crippen molar-refractivity contribution in [2.45, 2.75) is 66.7 Å². The van der Waals surface area contributed by atoms with E-state index >= 15 is 0 Å². The zero-order chi connectivity index (χ0) is 26.0. The Balaban J connectivity index is 1.96. The molecular weight excluding hydrogens is 475 g/mol. The van der Waals surface area contributed by atoms with Gasteiger partial charge in [0.2, 0.25) is 0 Å². The van der Waals surface area contributed by atoms with Crippen LogP contribution in [0, 0.1) is 17.0 Å². The maximum atomic E-state index is 14.8. The van der Waals surface area contributed by atoms with Gasteiger partial charge in [0.05, 0.1) is 30.6 Å². The number of aromatic nitrogens is 4. The molecule has 0 unspecified atom stereocenters. The van der Waals surface area contributed by atoms with Gasteiger partial charge < -0.3 is 19.3 Å². The smallest absolute Gasteiger partial charge is 0.354 e. The average Bonchev–Trinajstić information content (AvgIpc) is 3.13. The number of nitrogens with zero attached hydrogens (tertiary/aromatic N) is 3. The number of halogens is 2. The lowest BCUT2D eigenvalue weighted by atomic mass is 9.87. The maximum Gasteiger partial charge on any atom is 0.354 e. The van der Waals surface area contributed by atoms with Gasteiger partial charge in [0.15, 0.2) is 17.5 Å². The molecule has 0 aromatic carbocycles. The summed E-state index contributed by atoms with van der Waals surface area (Å²) < 4.78 is 52.9. The van der Waals surface area contributed by atoms with Crippen LogP contribution in [0.3, 0.4) is 0 Å². The fraction of sp³-hybridized carbons (Fsp3) is 0.458. The van der Waals surface area contributed by atoms with Crippen LogP contribution in [0.15, 0.2) is 36.6 Å². The minimum absolute atomic E-state index is 0.0531. The van der Waals surface area contributed by atoms with Gasteiger partial charge in [0.1, 0.15) is 11.5 Å². The monoisotopic (exact) mass is 507 g/mol. The molecule has 35 heavy (non-hydrogen) atoms. The zero-order valence-electron chi connectivity index (χ0n) is 21.0. The maximum absolute atomic E-state index is 14.8.